The fraction of sp³-hybridized carbons (Fsp3) is 0.533. The average Bonchev–Trinajstić information content (AvgIpc) is 2.41. The zero-order valence-corrected chi connectivity index (χ0v) is 15.8. The fourth-order valence-electron chi connectivity index (χ4n) is 1.90. The average molecular weight is 386 g/mol. The highest BCUT2D eigenvalue weighted by Gasteiger charge is 2.27. The molecule has 0 radical (unpaired) electrons. The molecule has 1 atom stereocenters. The van der Waals surface area contributed by atoms with Gasteiger partial charge in [0.05, 0.1) is 22.2 Å². The molecular weight excluding hydrogens is 363 g/mol. The third-order valence-electron chi connectivity index (χ3n) is 3.08. The maximum atomic E-state index is 12.2. The van der Waals surface area contributed by atoms with Gasteiger partial charge in [0.25, 0.3) is 0 Å². The van der Waals surface area contributed by atoms with Crippen molar-refractivity contribution in [2.45, 2.75) is 32.2 Å². The maximum absolute atomic E-state index is 12.2. The second kappa shape index (κ2) is 10.2. The summed E-state index contributed by atoms with van der Waals surface area (Å²) in [6, 6.07) is 3.16. The Kier molecular flexibility index (Phi) is 9.89. The molecule has 3 N–H and O–H groups in total. The monoisotopic (exact) mass is 384 g/mol. The summed E-state index contributed by atoms with van der Waals surface area (Å²) < 4.78 is 10.3. The van der Waals surface area contributed by atoms with E-state index in [0.717, 1.165) is 6.42 Å². The quantitative estimate of drug-likeness (QED) is 0.666. The lowest BCUT2D eigenvalue weighted by atomic mass is 9.96. The van der Waals surface area contributed by atoms with Crippen LogP contribution in [0, 0.1) is 0 Å². The van der Waals surface area contributed by atoms with Gasteiger partial charge < -0.3 is 20.5 Å². The third-order valence-corrected chi connectivity index (χ3v) is 3.64. The maximum Gasteiger partial charge on any atom is 0.244 e. The van der Waals surface area contributed by atoms with E-state index in [1.807, 2.05) is 6.92 Å². The number of carbonyl (C=O) groups is 1. The first kappa shape index (κ1) is 22.3. The minimum atomic E-state index is -0.943. The molecule has 1 aromatic carbocycles. The van der Waals surface area contributed by atoms with Crippen LogP contribution in [0.4, 0.5) is 5.69 Å². The van der Waals surface area contributed by atoms with Crippen molar-refractivity contribution < 1.29 is 14.3 Å². The van der Waals surface area contributed by atoms with E-state index in [1.165, 1.54) is 0 Å². The molecule has 0 aliphatic rings. The smallest absolute Gasteiger partial charge is 0.244 e. The Bertz CT molecular complexity index is 502. The number of hydrogen-bond acceptors (Lipinski definition) is 4. The standard InChI is InChI=1S/C15H22Cl2N2O3.ClH/c1-4-5-15(2,18)14(20)19-10-8-11(16)13(12(17)9-10)22-7-6-21-3;/h8-9H,4-7,18H2,1-3H3,(H,19,20);1H. The highest BCUT2D eigenvalue weighted by atomic mass is 35.5. The SMILES string of the molecule is CCCC(C)(N)C(=O)Nc1cc(Cl)c(OCCOC)c(Cl)c1.Cl. The molecule has 0 saturated carbocycles. The Hall–Kier alpha value is -0.720. The van der Waals surface area contributed by atoms with Crippen LogP contribution in [-0.2, 0) is 9.53 Å². The molecule has 0 aliphatic heterocycles. The van der Waals surface area contributed by atoms with Crippen LogP contribution in [0.5, 0.6) is 5.75 Å². The van der Waals surface area contributed by atoms with Crippen molar-refractivity contribution in [2.24, 2.45) is 5.73 Å². The van der Waals surface area contributed by atoms with Gasteiger partial charge in [-0.1, -0.05) is 36.5 Å². The van der Waals surface area contributed by atoms with Crippen LogP contribution in [0.15, 0.2) is 12.1 Å². The number of rotatable bonds is 8. The topological polar surface area (TPSA) is 73.6 Å². The minimum Gasteiger partial charge on any atom is -0.488 e. The van der Waals surface area contributed by atoms with Gasteiger partial charge in [-0.3, -0.25) is 4.79 Å². The van der Waals surface area contributed by atoms with Crippen LogP contribution < -0.4 is 15.8 Å². The summed E-state index contributed by atoms with van der Waals surface area (Å²) in [4.78, 5) is 12.2. The van der Waals surface area contributed by atoms with Crippen LogP contribution in [-0.4, -0.2) is 31.8 Å². The highest BCUT2D eigenvalue weighted by Crippen LogP contribution is 2.36. The Balaban J connectivity index is 0.00000484. The van der Waals surface area contributed by atoms with E-state index in [9.17, 15) is 4.79 Å². The summed E-state index contributed by atoms with van der Waals surface area (Å²) in [5.74, 6) is 0.0805. The minimum absolute atomic E-state index is 0. The zero-order valence-electron chi connectivity index (χ0n) is 13.4. The molecule has 0 aliphatic carbocycles. The highest BCUT2D eigenvalue weighted by molar-refractivity contribution is 6.37. The summed E-state index contributed by atoms with van der Waals surface area (Å²) in [5, 5.41) is 3.36. The van der Waals surface area contributed by atoms with Gasteiger partial charge >= 0.3 is 0 Å². The Labute approximate surface area is 153 Å². The Morgan fingerprint density at radius 2 is 1.87 bits per heavy atom. The number of benzene rings is 1. The lowest BCUT2D eigenvalue weighted by Crippen LogP contribution is -2.48. The van der Waals surface area contributed by atoms with Crippen molar-refractivity contribution in [1.82, 2.24) is 0 Å². The first-order chi connectivity index (χ1) is 10.3. The first-order valence-corrected chi connectivity index (χ1v) is 7.78. The van der Waals surface area contributed by atoms with Crippen LogP contribution in [0.1, 0.15) is 26.7 Å². The third kappa shape index (κ3) is 6.73. The second-order valence-electron chi connectivity index (χ2n) is 5.23. The van der Waals surface area contributed by atoms with E-state index < -0.39 is 5.54 Å². The van der Waals surface area contributed by atoms with Gasteiger partial charge in [-0.25, -0.2) is 0 Å². The number of anilines is 1. The van der Waals surface area contributed by atoms with Crippen LogP contribution in [0.25, 0.3) is 0 Å². The van der Waals surface area contributed by atoms with Gasteiger partial charge in [0, 0.05) is 12.8 Å². The number of hydrogen-bond donors (Lipinski definition) is 2. The number of carbonyl (C=O) groups excluding carboxylic acids is 1. The first-order valence-electron chi connectivity index (χ1n) is 7.03. The van der Waals surface area contributed by atoms with Crippen molar-refractivity contribution >= 4 is 47.2 Å². The molecule has 0 heterocycles. The van der Waals surface area contributed by atoms with Crippen molar-refractivity contribution in [3.8, 4) is 5.75 Å². The molecule has 1 aromatic rings. The number of nitrogens with one attached hydrogen (secondary N) is 1. The van der Waals surface area contributed by atoms with E-state index in [0.29, 0.717) is 41.1 Å². The Morgan fingerprint density at radius 1 is 1.30 bits per heavy atom. The predicted molar refractivity (Wildman–Crippen MR) is 97.2 cm³/mol. The molecule has 1 amide bonds. The van der Waals surface area contributed by atoms with Gasteiger partial charge in [0.2, 0.25) is 5.91 Å². The molecule has 0 bridgehead atoms. The lowest BCUT2D eigenvalue weighted by Gasteiger charge is -2.23. The molecule has 1 rings (SSSR count). The van der Waals surface area contributed by atoms with E-state index in [-0.39, 0.29) is 18.3 Å². The molecule has 5 nitrogen and oxygen atoms in total. The number of methoxy groups -OCH3 is 1. The Morgan fingerprint density at radius 3 is 2.35 bits per heavy atom. The molecule has 0 fully saturated rings. The zero-order chi connectivity index (χ0) is 16.8. The molecule has 1 unspecified atom stereocenters. The van der Waals surface area contributed by atoms with E-state index in [2.05, 4.69) is 5.32 Å². The molecule has 23 heavy (non-hydrogen) atoms. The summed E-state index contributed by atoms with van der Waals surface area (Å²) >= 11 is 12.3. The molecule has 0 aromatic heterocycles. The van der Waals surface area contributed by atoms with Crippen LogP contribution >= 0.6 is 35.6 Å². The van der Waals surface area contributed by atoms with Crippen molar-refractivity contribution in [2.75, 3.05) is 25.6 Å². The number of amides is 1. The second-order valence-corrected chi connectivity index (χ2v) is 6.05. The largest absolute Gasteiger partial charge is 0.488 e. The molecule has 132 valence electrons. The summed E-state index contributed by atoms with van der Waals surface area (Å²) in [5.41, 5.74) is 5.52. The van der Waals surface area contributed by atoms with E-state index >= 15 is 0 Å². The van der Waals surface area contributed by atoms with Crippen molar-refractivity contribution in [1.29, 1.82) is 0 Å². The molecular formula is C15H23Cl3N2O3. The van der Waals surface area contributed by atoms with Gasteiger partial charge in [-0.2, -0.15) is 0 Å². The molecule has 0 saturated heterocycles. The van der Waals surface area contributed by atoms with Crippen LogP contribution in [0.3, 0.4) is 0 Å². The molecule has 0 spiro atoms. The van der Waals surface area contributed by atoms with E-state index in [1.54, 1.807) is 26.2 Å². The van der Waals surface area contributed by atoms with Crippen molar-refractivity contribution in [3.05, 3.63) is 22.2 Å². The van der Waals surface area contributed by atoms with Crippen molar-refractivity contribution in [3.63, 3.8) is 0 Å². The lowest BCUT2D eigenvalue weighted by molar-refractivity contribution is -0.120. The summed E-state index contributed by atoms with van der Waals surface area (Å²) in [6.07, 6.45) is 1.40. The molecule has 8 heteroatoms. The normalized spacial score (nSPS) is 13.0. The van der Waals surface area contributed by atoms with E-state index in [4.69, 9.17) is 38.4 Å². The number of halogens is 3. The number of ether oxygens (including phenoxy) is 2. The van der Waals surface area contributed by atoms with Gasteiger partial charge in [0.1, 0.15) is 6.61 Å². The predicted octanol–water partition coefficient (Wildman–Crippen LogP) is 3.90. The van der Waals surface area contributed by atoms with Gasteiger partial charge in [0.15, 0.2) is 5.75 Å². The summed E-state index contributed by atoms with van der Waals surface area (Å²) in [6.45, 7) is 4.42. The summed E-state index contributed by atoms with van der Waals surface area (Å²) in [7, 11) is 1.57. The number of nitrogens with two attached hydrogens (primary N) is 1. The van der Waals surface area contributed by atoms with Gasteiger partial charge in [-0.15, -0.1) is 12.4 Å². The van der Waals surface area contributed by atoms with Gasteiger partial charge in [-0.05, 0) is 25.5 Å². The fourth-order valence-corrected chi connectivity index (χ4v) is 2.50. The van der Waals surface area contributed by atoms with Crippen LogP contribution in [0.2, 0.25) is 10.0 Å².